The van der Waals surface area contributed by atoms with Crippen LogP contribution in [0.3, 0.4) is 0 Å². The number of aryl methyl sites for hydroxylation is 2. The topological polar surface area (TPSA) is 118 Å². The molecule has 0 aliphatic carbocycles. The lowest BCUT2D eigenvalue weighted by molar-refractivity contribution is -0.121. The quantitative estimate of drug-likeness (QED) is 0.776. The first-order valence-electron chi connectivity index (χ1n) is 9.12. The van der Waals surface area contributed by atoms with Crippen LogP contribution in [0, 0.1) is 26.7 Å². The number of esters is 1. The van der Waals surface area contributed by atoms with E-state index in [1.54, 1.807) is 31.7 Å². The molecule has 2 aromatic rings. The second-order valence-corrected chi connectivity index (χ2v) is 7.00. The molecule has 0 saturated carbocycles. The van der Waals surface area contributed by atoms with Gasteiger partial charge in [-0.1, -0.05) is 5.16 Å². The van der Waals surface area contributed by atoms with Gasteiger partial charge in [-0.2, -0.15) is 0 Å². The number of likely N-dealkylation sites (tertiary alicyclic amines) is 1. The third-order valence-corrected chi connectivity index (χ3v) is 5.07. The summed E-state index contributed by atoms with van der Waals surface area (Å²) in [4.78, 5) is 41.9. The SMILES string of the molecule is COC(=O)c1c(C)[nH]c(C(=O)N2CCC(C(=O)Nc3cc(C)on3)CC2)c1C. The Bertz CT molecular complexity index is 906. The normalized spacial score (nSPS) is 14.8. The molecule has 0 aromatic carbocycles. The molecule has 1 fully saturated rings. The van der Waals surface area contributed by atoms with E-state index in [9.17, 15) is 14.4 Å². The van der Waals surface area contributed by atoms with Crippen LogP contribution < -0.4 is 5.32 Å². The van der Waals surface area contributed by atoms with Crippen LogP contribution in [0.25, 0.3) is 0 Å². The maximum Gasteiger partial charge on any atom is 0.339 e. The number of hydrogen-bond acceptors (Lipinski definition) is 6. The van der Waals surface area contributed by atoms with Gasteiger partial charge in [-0.15, -0.1) is 0 Å². The molecule has 0 spiro atoms. The lowest BCUT2D eigenvalue weighted by Gasteiger charge is -2.31. The average Bonchev–Trinajstić information content (AvgIpc) is 3.22. The van der Waals surface area contributed by atoms with E-state index < -0.39 is 5.97 Å². The minimum Gasteiger partial charge on any atom is -0.465 e. The number of methoxy groups -OCH3 is 1. The zero-order chi connectivity index (χ0) is 20.4. The Labute approximate surface area is 162 Å². The monoisotopic (exact) mass is 388 g/mol. The Kier molecular flexibility index (Phi) is 5.53. The van der Waals surface area contributed by atoms with Gasteiger partial charge in [-0.3, -0.25) is 9.59 Å². The Hall–Kier alpha value is -3.10. The van der Waals surface area contributed by atoms with Crippen molar-refractivity contribution in [2.75, 3.05) is 25.5 Å². The van der Waals surface area contributed by atoms with Crippen LogP contribution in [0.4, 0.5) is 5.82 Å². The van der Waals surface area contributed by atoms with Gasteiger partial charge in [0.1, 0.15) is 11.5 Å². The fraction of sp³-hybridized carbons (Fsp3) is 0.474. The summed E-state index contributed by atoms with van der Waals surface area (Å²) in [6.07, 6.45) is 1.11. The zero-order valence-electron chi connectivity index (χ0n) is 16.4. The number of aromatic amines is 1. The molecule has 3 heterocycles. The van der Waals surface area contributed by atoms with Gasteiger partial charge in [0.2, 0.25) is 5.91 Å². The second-order valence-electron chi connectivity index (χ2n) is 7.00. The molecule has 0 bridgehead atoms. The third-order valence-electron chi connectivity index (χ3n) is 5.07. The van der Waals surface area contributed by atoms with Gasteiger partial charge in [0, 0.05) is 30.8 Å². The maximum absolute atomic E-state index is 12.9. The molecule has 1 saturated heterocycles. The van der Waals surface area contributed by atoms with E-state index in [4.69, 9.17) is 9.26 Å². The van der Waals surface area contributed by atoms with Crippen molar-refractivity contribution in [3.05, 3.63) is 34.3 Å². The van der Waals surface area contributed by atoms with Crippen LogP contribution >= 0.6 is 0 Å². The molecular formula is C19H24N4O5. The highest BCUT2D eigenvalue weighted by Crippen LogP contribution is 2.24. The van der Waals surface area contributed by atoms with E-state index in [2.05, 4.69) is 15.5 Å². The Morgan fingerprint density at radius 3 is 2.50 bits per heavy atom. The fourth-order valence-electron chi connectivity index (χ4n) is 3.53. The predicted octanol–water partition coefficient (Wildman–Crippen LogP) is 2.21. The van der Waals surface area contributed by atoms with Crippen molar-refractivity contribution in [3.63, 3.8) is 0 Å². The maximum atomic E-state index is 12.9. The molecule has 2 aromatic heterocycles. The van der Waals surface area contributed by atoms with Crippen LogP contribution in [0.5, 0.6) is 0 Å². The highest BCUT2D eigenvalue weighted by Gasteiger charge is 2.31. The van der Waals surface area contributed by atoms with Crippen LogP contribution in [-0.2, 0) is 9.53 Å². The third kappa shape index (κ3) is 3.78. The van der Waals surface area contributed by atoms with Crippen LogP contribution in [0.15, 0.2) is 10.6 Å². The number of carbonyl (C=O) groups is 3. The lowest BCUT2D eigenvalue weighted by atomic mass is 9.95. The van der Waals surface area contributed by atoms with Gasteiger partial charge >= 0.3 is 5.97 Å². The molecule has 2 N–H and O–H groups in total. The fourth-order valence-corrected chi connectivity index (χ4v) is 3.53. The Morgan fingerprint density at radius 2 is 1.93 bits per heavy atom. The van der Waals surface area contributed by atoms with E-state index in [1.165, 1.54) is 7.11 Å². The first-order chi connectivity index (χ1) is 13.3. The number of ether oxygens (including phenoxy) is 1. The number of amides is 2. The first-order valence-corrected chi connectivity index (χ1v) is 9.12. The largest absolute Gasteiger partial charge is 0.465 e. The summed E-state index contributed by atoms with van der Waals surface area (Å²) >= 11 is 0. The molecule has 0 radical (unpaired) electrons. The number of hydrogen-bond donors (Lipinski definition) is 2. The summed E-state index contributed by atoms with van der Waals surface area (Å²) in [6.45, 7) is 6.13. The average molecular weight is 388 g/mol. The number of piperidine rings is 1. The van der Waals surface area contributed by atoms with Crippen LogP contribution in [-0.4, -0.2) is 53.0 Å². The molecule has 1 aliphatic rings. The highest BCUT2D eigenvalue weighted by molar-refractivity contribution is 6.00. The van der Waals surface area contributed by atoms with E-state index >= 15 is 0 Å². The molecule has 9 heteroatoms. The molecule has 3 rings (SSSR count). The van der Waals surface area contributed by atoms with Gasteiger partial charge < -0.3 is 24.5 Å². The lowest BCUT2D eigenvalue weighted by Crippen LogP contribution is -2.41. The highest BCUT2D eigenvalue weighted by atomic mass is 16.5. The van der Waals surface area contributed by atoms with Gasteiger partial charge in [-0.25, -0.2) is 4.79 Å². The first kappa shape index (κ1) is 19.7. The summed E-state index contributed by atoms with van der Waals surface area (Å²) in [7, 11) is 1.31. The minimum atomic E-state index is -0.469. The van der Waals surface area contributed by atoms with Crippen molar-refractivity contribution >= 4 is 23.6 Å². The number of carbonyl (C=O) groups excluding carboxylic acids is 3. The predicted molar refractivity (Wildman–Crippen MR) is 100 cm³/mol. The van der Waals surface area contributed by atoms with Gasteiger partial charge in [-0.05, 0) is 39.2 Å². The van der Waals surface area contributed by atoms with Crippen molar-refractivity contribution in [2.24, 2.45) is 5.92 Å². The van der Waals surface area contributed by atoms with E-state index in [0.29, 0.717) is 60.0 Å². The molecule has 2 amide bonds. The van der Waals surface area contributed by atoms with E-state index in [1.807, 2.05) is 0 Å². The molecular weight excluding hydrogens is 364 g/mol. The molecule has 28 heavy (non-hydrogen) atoms. The van der Waals surface area contributed by atoms with Gasteiger partial charge in [0.05, 0.1) is 12.7 Å². The van der Waals surface area contributed by atoms with Gasteiger partial charge in [0.25, 0.3) is 5.91 Å². The number of H-pyrrole nitrogens is 1. The van der Waals surface area contributed by atoms with Gasteiger partial charge in [0.15, 0.2) is 5.82 Å². The standard InChI is InChI=1S/C19H24N4O5/c1-10-9-14(22-28-10)21-17(24)13-5-7-23(8-6-13)18(25)16-11(2)15(12(3)20-16)19(26)27-4/h9,13,20H,5-8H2,1-4H3,(H,21,22,24). The van der Waals surface area contributed by atoms with Crippen molar-refractivity contribution in [1.29, 1.82) is 0 Å². The minimum absolute atomic E-state index is 0.125. The second kappa shape index (κ2) is 7.87. The van der Waals surface area contributed by atoms with E-state index in [0.717, 1.165) is 0 Å². The summed E-state index contributed by atoms with van der Waals surface area (Å²) in [5, 5.41) is 6.50. The zero-order valence-corrected chi connectivity index (χ0v) is 16.4. The Morgan fingerprint density at radius 1 is 1.25 bits per heavy atom. The molecule has 0 atom stereocenters. The number of nitrogens with zero attached hydrogens (tertiary/aromatic N) is 2. The van der Waals surface area contributed by atoms with Crippen LogP contribution in [0.2, 0.25) is 0 Å². The summed E-state index contributed by atoms with van der Waals surface area (Å²) < 4.78 is 9.73. The van der Waals surface area contributed by atoms with Crippen molar-refractivity contribution < 1.29 is 23.6 Å². The van der Waals surface area contributed by atoms with Crippen molar-refractivity contribution in [2.45, 2.75) is 33.6 Å². The number of nitrogens with one attached hydrogen (secondary N) is 2. The van der Waals surface area contributed by atoms with Crippen molar-refractivity contribution in [3.8, 4) is 0 Å². The summed E-state index contributed by atoms with van der Waals surface area (Å²) in [5.74, 6) is 0.0522. The molecule has 1 aliphatic heterocycles. The smallest absolute Gasteiger partial charge is 0.339 e. The van der Waals surface area contributed by atoms with Crippen LogP contribution in [0.1, 0.15) is 50.7 Å². The van der Waals surface area contributed by atoms with Crippen molar-refractivity contribution in [1.82, 2.24) is 15.0 Å². The number of rotatable bonds is 4. The number of anilines is 1. The molecule has 9 nitrogen and oxygen atoms in total. The Balaban J connectivity index is 1.62. The number of aromatic nitrogens is 2. The summed E-state index contributed by atoms with van der Waals surface area (Å²) in [6, 6.07) is 1.66. The molecule has 150 valence electrons. The summed E-state index contributed by atoms with van der Waals surface area (Å²) in [5.41, 5.74) is 1.96. The molecule has 0 unspecified atom stereocenters. The van der Waals surface area contributed by atoms with E-state index in [-0.39, 0.29) is 17.7 Å².